The number of pyridine rings is 1. The largest absolute Gasteiger partial charge is 0.478 e. The molecule has 110 valence electrons. The number of benzene rings is 1. The highest BCUT2D eigenvalue weighted by molar-refractivity contribution is 7.92. The minimum atomic E-state index is -3.86. The van der Waals surface area contributed by atoms with Gasteiger partial charge in [0.2, 0.25) is 0 Å². The van der Waals surface area contributed by atoms with E-state index in [2.05, 4.69) is 9.71 Å². The van der Waals surface area contributed by atoms with E-state index >= 15 is 0 Å². The lowest BCUT2D eigenvalue weighted by Crippen LogP contribution is -2.15. The van der Waals surface area contributed by atoms with E-state index < -0.39 is 16.0 Å². The van der Waals surface area contributed by atoms with E-state index in [1.165, 1.54) is 30.6 Å². The predicted molar refractivity (Wildman–Crippen MR) is 77.9 cm³/mol. The molecule has 1 aromatic carbocycles. The second-order valence-corrected chi connectivity index (χ2v) is 6.23. The summed E-state index contributed by atoms with van der Waals surface area (Å²) in [4.78, 5) is 14.9. The fraction of sp³-hybridized carbons (Fsp3) is 0.143. The molecule has 0 saturated carbocycles. The van der Waals surface area contributed by atoms with Gasteiger partial charge in [-0.3, -0.25) is 9.71 Å². The Morgan fingerprint density at radius 2 is 1.76 bits per heavy atom. The van der Waals surface area contributed by atoms with Crippen molar-refractivity contribution in [3.63, 3.8) is 0 Å². The van der Waals surface area contributed by atoms with Gasteiger partial charge >= 0.3 is 5.97 Å². The molecule has 0 amide bonds. The van der Waals surface area contributed by atoms with Crippen LogP contribution in [0.4, 0.5) is 5.69 Å². The lowest BCUT2D eigenvalue weighted by atomic mass is 10.1. The van der Waals surface area contributed by atoms with Crippen molar-refractivity contribution >= 4 is 21.7 Å². The first kappa shape index (κ1) is 15.0. The van der Waals surface area contributed by atoms with E-state index in [4.69, 9.17) is 5.11 Å². The average Bonchev–Trinajstić information content (AvgIpc) is 2.38. The molecular weight excluding hydrogens is 292 g/mol. The Hall–Kier alpha value is -2.41. The van der Waals surface area contributed by atoms with E-state index in [-0.39, 0.29) is 10.5 Å². The van der Waals surface area contributed by atoms with Crippen LogP contribution in [0.1, 0.15) is 21.5 Å². The number of carboxylic acid groups (broad SMARTS) is 1. The Morgan fingerprint density at radius 1 is 1.14 bits per heavy atom. The Kier molecular flexibility index (Phi) is 3.95. The molecule has 0 aliphatic carbocycles. The molecule has 7 heteroatoms. The number of carbonyl (C=O) groups is 1. The first-order chi connectivity index (χ1) is 9.81. The van der Waals surface area contributed by atoms with Gasteiger partial charge in [-0.25, -0.2) is 13.2 Å². The van der Waals surface area contributed by atoms with Crippen LogP contribution in [0.25, 0.3) is 0 Å². The number of anilines is 1. The average molecular weight is 306 g/mol. The summed E-state index contributed by atoms with van der Waals surface area (Å²) in [6.45, 7) is 3.25. The first-order valence-electron chi connectivity index (χ1n) is 6.08. The number of sulfonamides is 1. The molecule has 0 aliphatic rings. The van der Waals surface area contributed by atoms with Crippen LogP contribution in [-0.4, -0.2) is 24.5 Å². The van der Waals surface area contributed by atoms with Crippen LogP contribution >= 0.6 is 0 Å². The van der Waals surface area contributed by atoms with E-state index in [0.29, 0.717) is 16.8 Å². The van der Waals surface area contributed by atoms with Crippen LogP contribution in [0.15, 0.2) is 41.6 Å². The van der Waals surface area contributed by atoms with Crippen molar-refractivity contribution in [2.45, 2.75) is 18.7 Å². The van der Waals surface area contributed by atoms with Crippen LogP contribution in [0.2, 0.25) is 0 Å². The predicted octanol–water partition coefficient (Wildman–Crippen LogP) is 2.20. The molecule has 0 aliphatic heterocycles. The number of nitrogens with one attached hydrogen (secondary N) is 1. The van der Waals surface area contributed by atoms with E-state index in [1.54, 1.807) is 19.9 Å². The van der Waals surface area contributed by atoms with Gasteiger partial charge < -0.3 is 5.11 Å². The molecule has 0 atom stereocenters. The zero-order valence-electron chi connectivity index (χ0n) is 11.5. The van der Waals surface area contributed by atoms with Crippen molar-refractivity contribution in [3.05, 3.63) is 53.3 Å². The number of carboxylic acids is 1. The third kappa shape index (κ3) is 3.19. The maximum absolute atomic E-state index is 12.4. The van der Waals surface area contributed by atoms with Crippen molar-refractivity contribution in [1.29, 1.82) is 0 Å². The molecule has 2 rings (SSSR count). The van der Waals surface area contributed by atoms with Crippen molar-refractivity contribution in [3.8, 4) is 0 Å². The SMILES string of the molecule is Cc1cc(C)c(S(=O)(=O)Nc2ccncc2)cc1C(=O)O. The molecule has 0 bridgehead atoms. The molecule has 0 radical (unpaired) electrons. The third-order valence-corrected chi connectivity index (χ3v) is 4.50. The lowest BCUT2D eigenvalue weighted by Gasteiger charge is -2.12. The molecule has 0 saturated heterocycles. The number of aromatic carboxylic acids is 1. The highest BCUT2D eigenvalue weighted by Gasteiger charge is 2.20. The standard InChI is InChI=1S/C14H14N2O4S/c1-9-7-10(2)13(8-12(9)14(17)18)21(19,20)16-11-3-5-15-6-4-11/h3-8H,1-2H3,(H,15,16)(H,17,18). The summed E-state index contributed by atoms with van der Waals surface area (Å²) in [6, 6.07) is 5.75. The van der Waals surface area contributed by atoms with Crippen LogP contribution in [0.3, 0.4) is 0 Å². The van der Waals surface area contributed by atoms with Crippen molar-refractivity contribution < 1.29 is 18.3 Å². The third-order valence-electron chi connectivity index (χ3n) is 2.97. The maximum Gasteiger partial charge on any atom is 0.335 e. The Labute approximate surface area is 122 Å². The van der Waals surface area contributed by atoms with Gasteiger partial charge in [-0.05, 0) is 43.2 Å². The Morgan fingerprint density at radius 3 is 2.33 bits per heavy atom. The summed E-state index contributed by atoms with van der Waals surface area (Å²) >= 11 is 0. The van der Waals surface area contributed by atoms with Gasteiger partial charge in [-0.15, -0.1) is 0 Å². The van der Waals surface area contributed by atoms with E-state index in [1.807, 2.05) is 0 Å². The summed E-state index contributed by atoms with van der Waals surface area (Å²) in [6.07, 6.45) is 2.92. The molecule has 21 heavy (non-hydrogen) atoms. The molecule has 6 nitrogen and oxygen atoms in total. The van der Waals surface area contributed by atoms with Crippen LogP contribution in [0, 0.1) is 13.8 Å². The summed E-state index contributed by atoms with van der Waals surface area (Å²) in [5, 5.41) is 9.11. The second kappa shape index (κ2) is 5.53. The highest BCUT2D eigenvalue weighted by Crippen LogP contribution is 2.23. The van der Waals surface area contributed by atoms with Gasteiger partial charge in [-0.2, -0.15) is 0 Å². The number of aryl methyl sites for hydroxylation is 2. The fourth-order valence-corrected chi connectivity index (χ4v) is 3.29. The number of rotatable bonds is 4. The quantitative estimate of drug-likeness (QED) is 0.902. The van der Waals surface area contributed by atoms with Crippen LogP contribution in [-0.2, 0) is 10.0 Å². The number of hydrogen-bond acceptors (Lipinski definition) is 4. The van der Waals surface area contributed by atoms with Crippen molar-refractivity contribution in [2.75, 3.05) is 4.72 Å². The molecule has 2 aromatic rings. The smallest absolute Gasteiger partial charge is 0.335 e. The fourth-order valence-electron chi connectivity index (χ4n) is 1.98. The minimum absolute atomic E-state index is 0.0318. The molecule has 0 unspecified atom stereocenters. The normalized spacial score (nSPS) is 11.1. The van der Waals surface area contributed by atoms with Crippen molar-refractivity contribution in [1.82, 2.24) is 4.98 Å². The molecule has 0 spiro atoms. The molecule has 1 heterocycles. The molecule has 2 N–H and O–H groups in total. The van der Waals surface area contributed by atoms with E-state index in [0.717, 1.165) is 0 Å². The van der Waals surface area contributed by atoms with Gasteiger partial charge in [0.25, 0.3) is 10.0 Å². The Balaban J connectivity index is 2.50. The topological polar surface area (TPSA) is 96.4 Å². The minimum Gasteiger partial charge on any atom is -0.478 e. The highest BCUT2D eigenvalue weighted by atomic mass is 32.2. The van der Waals surface area contributed by atoms with Gasteiger partial charge in [0.1, 0.15) is 0 Å². The van der Waals surface area contributed by atoms with Crippen molar-refractivity contribution in [2.24, 2.45) is 0 Å². The molecule has 0 fully saturated rings. The number of hydrogen-bond donors (Lipinski definition) is 2. The Bertz CT molecular complexity index is 786. The zero-order chi connectivity index (χ0) is 15.6. The van der Waals surface area contributed by atoms with E-state index in [9.17, 15) is 13.2 Å². The van der Waals surface area contributed by atoms with Gasteiger partial charge in [0.05, 0.1) is 16.1 Å². The number of aromatic nitrogens is 1. The maximum atomic E-state index is 12.4. The van der Waals surface area contributed by atoms with Crippen LogP contribution < -0.4 is 4.72 Å². The van der Waals surface area contributed by atoms with Crippen LogP contribution in [0.5, 0.6) is 0 Å². The van der Waals surface area contributed by atoms with Gasteiger partial charge in [0.15, 0.2) is 0 Å². The first-order valence-corrected chi connectivity index (χ1v) is 7.57. The summed E-state index contributed by atoms with van der Waals surface area (Å²) in [5.41, 5.74) is 1.33. The molecular formula is C14H14N2O4S. The number of nitrogens with zero attached hydrogens (tertiary/aromatic N) is 1. The monoisotopic (exact) mass is 306 g/mol. The summed E-state index contributed by atoms with van der Waals surface area (Å²) < 4.78 is 27.2. The summed E-state index contributed by atoms with van der Waals surface area (Å²) in [7, 11) is -3.86. The van der Waals surface area contributed by atoms with Gasteiger partial charge in [-0.1, -0.05) is 6.07 Å². The van der Waals surface area contributed by atoms with Gasteiger partial charge in [0, 0.05) is 12.4 Å². The second-order valence-electron chi connectivity index (χ2n) is 4.58. The summed E-state index contributed by atoms with van der Waals surface area (Å²) in [5.74, 6) is -1.16. The zero-order valence-corrected chi connectivity index (χ0v) is 12.3. The molecule has 1 aromatic heterocycles. The lowest BCUT2D eigenvalue weighted by molar-refractivity contribution is 0.0696.